The van der Waals surface area contributed by atoms with Crippen LogP contribution in [-0.2, 0) is 64.8 Å². The summed E-state index contributed by atoms with van der Waals surface area (Å²) in [5, 5.41) is 43.3. The summed E-state index contributed by atoms with van der Waals surface area (Å²) >= 11 is 0. The van der Waals surface area contributed by atoms with E-state index >= 15 is 0 Å². The standard InChI is InChI=1S/C72H114O17Si/c1-46-37-39-52-29-17-27-50(83-52)26-14-22-49-24-16-34-59(74)65(49)67(76)88-61(44-57(89-90(11,12)70(3,4)5)42-55-32-20-36-63(86-55)72(8,9)69(79)80)47(2)38-40-53-30-18-28-51(84-53)25-13-21-48-23-15-33-58(73)64(48)66(75)87-60(46)43-56(82-45-81-10)41-54-31-19-35-62(85-54)71(6,7)68(77)78/h15-16,23-24,33-34,46-47,50-57,60-63,73-74H,13-14,17-22,25-32,35-45H2,1-12H3,(H,77,78)(H,79,80)/t46-,47-,50-,51-,52-,53-,54-,55-,56-,57-,60+,61+,62+,63+/m0/s1. The molecule has 0 aliphatic carbocycles. The molecule has 90 heavy (non-hydrogen) atoms. The van der Waals surface area contributed by atoms with E-state index in [1.54, 1.807) is 53.0 Å². The van der Waals surface area contributed by atoms with Gasteiger partial charge in [0.25, 0.3) is 0 Å². The number of phenols is 2. The molecule has 14 atom stereocenters. The highest BCUT2D eigenvalue weighted by Crippen LogP contribution is 2.43. The molecule has 4 saturated heterocycles. The van der Waals surface area contributed by atoms with E-state index < -0.39 is 73.5 Å². The topological polar surface area (TPSA) is 232 Å². The van der Waals surface area contributed by atoms with Crippen molar-refractivity contribution in [1.29, 1.82) is 0 Å². The van der Waals surface area contributed by atoms with E-state index in [1.807, 2.05) is 12.1 Å². The summed E-state index contributed by atoms with van der Waals surface area (Å²) in [6.07, 6.45) is 14.8. The summed E-state index contributed by atoms with van der Waals surface area (Å²) in [5.74, 6) is -3.53. The van der Waals surface area contributed by atoms with Crippen LogP contribution in [0.25, 0.3) is 0 Å². The molecule has 0 aromatic heterocycles. The lowest BCUT2D eigenvalue weighted by Crippen LogP contribution is -2.48. The number of carboxylic acids is 2. The normalized spacial score (nSPS) is 29.6. The van der Waals surface area contributed by atoms with E-state index in [-0.39, 0.29) is 89.0 Å². The first-order valence-corrected chi connectivity index (χ1v) is 37.4. The largest absolute Gasteiger partial charge is 0.507 e. The molecule has 7 rings (SSSR count). The number of rotatable bonds is 17. The van der Waals surface area contributed by atoms with Crippen LogP contribution < -0.4 is 0 Å². The smallest absolute Gasteiger partial charge is 0.342 e. The molecule has 5 aliphatic rings. The summed E-state index contributed by atoms with van der Waals surface area (Å²) in [5.41, 5.74) is -0.405. The predicted molar refractivity (Wildman–Crippen MR) is 347 cm³/mol. The second-order valence-corrected chi connectivity index (χ2v) is 34.8. The van der Waals surface area contributed by atoms with Gasteiger partial charge in [-0.1, -0.05) is 58.9 Å². The van der Waals surface area contributed by atoms with Crippen molar-refractivity contribution in [2.45, 2.75) is 321 Å². The highest BCUT2D eigenvalue weighted by atomic mass is 28.4. The van der Waals surface area contributed by atoms with Crippen LogP contribution in [0.1, 0.15) is 248 Å². The zero-order valence-corrected chi connectivity index (χ0v) is 57.7. The first-order valence-electron chi connectivity index (χ1n) is 34.5. The number of aromatic hydroxyl groups is 2. The maximum atomic E-state index is 15.0. The van der Waals surface area contributed by atoms with Gasteiger partial charge in [-0.3, -0.25) is 9.59 Å². The molecule has 0 unspecified atom stereocenters. The van der Waals surface area contributed by atoms with Gasteiger partial charge in [-0.15, -0.1) is 0 Å². The molecular formula is C72H114O17Si. The Kier molecular flexibility index (Phi) is 27.1. The van der Waals surface area contributed by atoms with Gasteiger partial charge < -0.3 is 62.7 Å². The highest BCUT2D eigenvalue weighted by molar-refractivity contribution is 6.74. The molecule has 5 heterocycles. The lowest BCUT2D eigenvalue weighted by molar-refractivity contribution is -0.170. The molecule has 5 aliphatic heterocycles. The first kappa shape index (κ1) is 73.3. The SMILES string of the molecule is COCO[C@@H](C[C@@H]1CCC[C@H](C(C)(C)C(=O)O)O1)C[C@H]1OC(=O)c2c(O)cccc2CCC[C@H]2CCC[C@@H](CC[C@H](C)[C@@H](C[C@H](C[C@@H]3CCC[C@H](C(C)(C)C(=O)O)O3)O[Si](C)(C)C(C)(C)C)OC(=O)c3c(O)cccc3CCC[C@H]3CCC[C@@H](CC[C@@H]1C)O3)O2. The van der Waals surface area contributed by atoms with E-state index in [4.69, 9.17) is 42.3 Å². The maximum absolute atomic E-state index is 15.0. The van der Waals surface area contributed by atoms with E-state index in [2.05, 4.69) is 47.7 Å². The number of methoxy groups -OCH3 is 1. The van der Waals surface area contributed by atoms with Crippen LogP contribution in [0.3, 0.4) is 0 Å². The fourth-order valence-corrected chi connectivity index (χ4v) is 15.5. The number of aryl methyl sites for hydroxylation is 2. The van der Waals surface area contributed by atoms with Crippen LogP contribution in [0.5, 0.6) is 11.5 Å². The zero-order chi connectivity index (χ0) is 65.6. The van der Waals surface area contributed by atoms with E-state index in [1.165, 1.54) is 6.07 Å². The van der Waals surface area contributed by atoms with Crippen LogP contribution in [0.15, 0.2) is 36.4 Å². The van der Waals surface area contributed by atoms with Crippen molar-refractivity contribution < 1.29 is 81.9 Å². The van der Waals surface area contributed by atoms with Gasteiger partial charge >= 0.3 is 23.9 Å². The second-order valence-electron chi connectivity index (χ2n) is 30.1. The molecule has 18 heteroatoms. The molecule has 2 aromatic carbocycles. The Morgan fingerprint density at radius 1 is 0.533 bits per heavy atom. The Balaban J connectivity index is 1.15. The molecule has 0 spiro atoms. The summed E-state index contributed by atoms with van der Waals surface area (Å²) in [6, 6.07) is 10.4. The van der Waals surface area contributed by atoms with Crippen molar-refractivity contribution >= 4 is 32.2 Å². The lowest BCUT2D eigenvalue weighted by Gasteiger charge is -2.43. The number of benzene rings is 2. The van der Waals surface area contributed by atoms with Crippen LogP contribution in [0.2, 0.25) is 18.1 Å². The average molecular weight is 1280 g/mol. The number of carboxylic acid groups (broad SMARTS) is 2. The Labute approximate surface area is 539 Å². The fraction of sp³-hybridized carbons (Fsp3) is 0.778. The van der Waals surface area contributed by atoms with Crippen LogP contribution >= 0.6 is 0 Å². The molecule has 4 fully saturated rings. The minimum absolute atomic E-state index is 0.00426. The van der Waals surface area contributed by atoms with Gasteiger partial charge in [-0.25, -0.2) is 9.59 Å². The summed E-state index contributed by atoms with van der Waals surface area (Å²) in [6.45, 7) is 22.2. The Morgan fingerprint density at radius 3 is 1.33 bits per heavy atom. The number of esters is 2. The number of ether oxygens (including phenoxy) is 8. The average Bonchev–Trinajstić information content (AvgIpc) is 0.963. The molecule has 508 valence electrons. The van der Waals surface area contributed by atoms with Gasteiger partial charge in [0, 0.05) is 26.4 Å². The summed E-state index contributed by atoms with van der Waals surface area (Å²) in [7, 11) is -0.870. The number of fused-ring (bicyclic) bond motifs is 6. The number of hydrogen-bond donors (Lipinski definition) is 4. The van der Waals surface area contributed by atoms with E-state index in [0.29, 0.717) is 88.2 Å². The van der Waals surface area contributed by atoms with Crippen molar-refractivity contribution in [3.05, 3.63) is 58.7 Å². The second kappa shape index (κ2) is 33.3. The van der Waals surface area contributed by atoms with Gasteiger partial charge in [-0.05, 0) is 229 Å². The maximum Gasteiger partial charge on any atom is 0.342 e. The minimum atomic E-state index is -2.43. The van der Waals surface area contributed by atoms with Gasteiger partial charge in [0.05, 0.1) is 71.9 Å². The van der Waals surface area contributed by atoms with Crippen molar-refractivity contribution in [3.8, 4) is 11.5 Å². The van der Waals surface area contributed by atoms with Gasteiger partial charge in [0.2, 0.25) is 0 Å². The fourth-order valence-electron chi connectivity index (χ4n) is 14.1. The van der Waals surface area contributed by atoms with Crippen LogP contribution in [-0.4, -0.2) is 140 Å². The highest BCUT2D eigenvalue weighted by Gasteiger charge is 2.46. The predicted octanol–water partition coefficient (Wildman–Crippen LogP) is 15.3. The van der Waals surface area contributed by atoms with Crippen molar-refractivity contribution in [2.75, 3.05) is 13.9 Å². The molecule has 0 amide bonds. The minimum Gasteiger partial charge on any atom is -0.507 e. The molecule has 0 radical (unpaired) electrons. The van der Waals surface area contributed by atoms with Crippen molar-refractivity contribution in [3.63, 3.8) is 0 Å². The van der Waals surface area contributed by atoms with Gasteiger partial charge in [0.15, 0.2) is 8.32 Å². The number of aliphatic carboxylic acids is 2. The Hall–Kier alpha value is -4.14. The molecule has 4 bridgehead atoms. The number of carbonyl (C=O) groups excluding carboxylic acids is 2. The monoisotopic (exact) mass is 1280 g/mol. The van der Waals surface area contributed by atoms with Crippen molar-refractivity contribution in [1.82, 2.24) is 0 Å². The van der Waals surface area contributed by atoms with Crippen LogP contribution in [0.4, 0.5) is 0 Å². The first-order chi connectivity index (χ1) is 42.6. The van der Waals surface area contributed by atoms with Gasteiger partial charge in [0.1, 0.15) is 41.6 Å². The van der Waals surface area contributed by atoms with Crippen molar-refractivity contribution in [2.24, 2.45) is 22.7 Å². The Bertz CT molecular complexity index is 2610. The number of carbonyl (C=O) groups is 4. The molecule has 2 aromatic rings. The number of cyclic esters (lactones) is 2. The van der Waals surface area contributed by atoms with E-state index in [9.17, 15) is 39.6 Å². The zero-order valence-electron chi connectivity index (χ0n) is 56.7. The van der Waals surface area contributed by atoms with Crippen LogP contribution in [0, 0.1) is 22.7 Å². The third-order valence-corrected chi connectivity index (χ3v) is 25.8. The molecule has 4 N–H and O–H groups in total. The molecule has 0 saturated carbocycles. The quantitative estimate of drug-likeness (QED) is 0.0655. The third kappa shape index (κ3) is 20.4. The third-order valence-electron chi connectivity index (χ3n) is 21.3. The number of phenolic OH excluding ortho intramolecular Hbond substituents is 2. The summed E-state index contributed by atoms with van der Waals surface area (Å²) < 4.78 is 59.4. The summed E-state index contributed by atoms with van der Waals surface area (Å²) in [4.78, 5) is 54.5. The van der Waals surface area contributed by atoms with Gasteiger partial charge in [-0.2, -0.15) is 0 Å². The molecular weight excluding hydrogens is 1160 g/mol. The lowest BCUT2D eigenvalue weighted by atomic mass is 9.81. The van der Waals surface area contributed by atoms with E-state index in [0.717, 1.165) is 89.9 Å². The Morgan fingerprint density at radius 2 is 0.922 bits per heavy atom. The number of hydrogen-bond acceptors (Lipinski definition) is 15. The molecule has 17 nitrogen and oxygen atoms in total.